The predicted octanol–water partition coefficient (Wildman–Crippen LogP) is 2.39. The van der Waals surface area contributed by atoms with Crippen LogP contribution in [-0.4, -0.2) is 18.9 Å². The first-order chi connectivity index (χ1) is 8.71. The van der Waals surface area contributed by atoms with E-state index in [1.54, 1.807) is 0 Å². The van der Waals surface area contributed by atoms with E-state index in [9.17, 15) is 9.59 Å². The van der Waals surface area contributed by atoms with Gasteiger partial charge in [0.1, 0.15) is 0 Å². The van der Waals surface area contributed by atoms with E-state index in [2.05, 4.69) is 0 Å². The Morgan fingerprint density at radius 3 is 1.50 bits per heavy atom. The highest BCUT2D eigenvalue weighted by atomic mass is 28.3. The Labute approximate surface area is 109 Å². The lowest BCUT2D eigenvalue weighted by Crippen LogP contribution is -2.44. The highest BCUT2D eigenvalue weighted by Crippen LogP contribution is 2.36. The third-order valence-electron chi connectivity index (χ3n) is 3.45. The molecule has 0 atom stereocenters. The molecule has 0 bridgehead atoms. The molecule has 3 heteroatoms. The van der Waals surface area contributed by atoms with Crippen molar-refractivity contribution in [3.05, 3.63) is 71.8 Å². The van der Waals surface area contributed by atoms with Crippen molar-refractivity contribution in [1.82, 2.24) is 0 Å². The molecule has 0 aromatic heterocycles. The van der Waals surface area contributed by atoms with Gasteiger partial charge in [-0.05, 0) is 17.5 Å². The average Bonchev–Trinajstić information content (AvgIpc) is 2.42. The summed E-state index contributed by atoms with van der Waals surface area (Å²) >= 11 is 0. The van der Waals surface area contributed by atoms with Crippen LogP contribution in [-0.2, 0) is 5.04 Å². The molecule has 1 radical (unpaired) electrons. The Bertz CT molecular complexity index is 443. The second-order valence-corrected chi connectivity index (χ2v) is 5.82. The molecule has 2 aromatic carbocycles. The van der Waals surface area contributed by atoms with E-state index in [0.29, 0.717) is 6.42 Å². The molecule has 0 aliphatic rings. The van der Waals surface area contributed by atoms with Crippen LogP contribution >= 0.6 is 0 Å². The maximum absolute atomic E-state index is 10.0. The van der Waals surface area contributed by atoms with E-state index >= 15 is 0 Å². The number of benzene rings is 2. The van der Waals surface area contributed by atoms with Gasteiger partial charge in [-0.3, -0.25) is 0 Å². The number of rotatable bonds is 4. The quantitative estimate of drug-likeness (QED) is 0.826. The first-order valence-electron chi connectivity index (χ1n) is 6.08. The molecule has 0 fully saturated rings. The molecule has 93 valence electrons. The van der Waals surface area contributed by atoms with Crippen molar-refractivity contribution < 1.29 is 9.59 Å². The summed E-state index contributed by atoms with van der Waals surface area (Å²) in [5, 5.41) is -0.660. The van der Waals surface area contributed by atoms with Gasteiger partial charge < -0.3 is 9.59 Å². The van der Waals surface area contributed by atoms with E-state index in [-0.39, 0.29) is 0 Å². The van der Waals surface area contributed by atoms with Gasteiger partial charge in [0.05, 0.1) is 5.04 Å². The lowest BCUT2D eigenvalue weighted by Gasteiger charge is -2.33. The van der Waals surface area contributed by atoms with Gasteiger partial charge in [-0.25, -0.2) is 0 Å². The van der Waals surface area contributed by atoms with Crippen LogP contribution in [0, 0.1) is 0 Å². The topological polar surface area (TPSA) is 40.5 Å². The molecular formula is C15H17O2Si. The molecule has 0 aliphatic heterocycles. The van der Waals surface area contributed by atoms with Crippen molar-refractivity contribution >= 4 is 9.28 Å². The molecule has 2 nitrogen and oxygen atoms in total. The van der Waals surface area contributed by atoms with Gasteiger partial charge in [0.2, 0.25) is 0 Å². The largest absolute Gasteiger partial charge is 0.409 e. The zero-order valence-electron chi connectivity index (χ0n) is 10.4. The fourth-order valence-electron chi connectivity index (χ4n) is 2.44. The summed E-state index contributed by atoms with van der Waals surface area (Å²) in [5.41, 5.74) is 1.94. The third kappa shape index (κ3) is 2.12. The average molecular weight is 257 g/mol. The highest BCUT2D eigenvalue weighted by molar-refractivity contribution is 6.47. The van der Waals surface area contributed by atoms with Crippen LogP contribution in [0.4, 0.5) is 0 Å². The molecule has 0 unspecified atom stereocenters. The fraction of sp³-hybridized carbons (Fsp3) is 0.200. The van der Waals surface area contributed by atoms with Gasteiger partial charge in [0, 0.05) is 0 Å². The SMILES string of the molecule is CCC(c1ccccc1)(c1ccccc1)[Si](O)O. The molecule has 0 saturated carbocycles. The zero-order chi connectivity index (χ0) is 13.0. The smallest absolute Gasteiger partial charge is 0.395 e. The first kappa shape index (κ1) is 13.0. The fourth-order valence-corrected chi connectivity index (χ4v) is 3.60. The van der Waals surface area contributed by atoms with Crippen molar-refractivity contribution in [2.24, 2.45) is 0 Å². The number of hydrogen-bond donors (Lipinski definition) is 2. The van der Waals surface area contributed by atoms with Crippen LogP contribution in [0.1, 0.15) is 24.5 Å². The van der Waals surface area contributed by atoms with Crippen LogP contribution in [0.5, 0.6) is 0 Å². The summed E-state index contributed by atoms with van der Waals surface area (Å²) in [5.74, 6) is 0. The van der Waals surface area contributed by atoms with E-state index < -0.39 is 14.3 Å². The predicted molar refractivity (Wildman–Crippen MR) is 74.1 cm³/mol. The van der Waals surface area contributed by atoms with Crippen molar-refractivity contribution in [1.29, 1.82) is 0 Å². The van der Waals surface area contributed by atoms with Gasteiger partial charge in [-0.2, -0.15) is 0 Å². The zero-order valence-corrected chi connectivity index (χ0v) is 11.4. The molecule has 2 aromatic rings. The maximum Gasteiger partial charge on any atom is 0.395 e. The lowest BCUT2D eigenvalue weighted by molar-refractivity contribution is 0.356. The Balaban J connectivity index is 2.61. The minimum absolute atomic E-state index is 0.660. The minimum Gasteiger partial charge on any atom is -0.409 e. The monoisotopic (exact) mass is 257 g/mol. The van der Waals surface area contributed by atoms with Crippen LogP contribution in [0.2, 0.25) is 0 Å². The molecule has 2 rings (SSSR count). The Morgan fingerprint density at radius 1 is 0.833 bits per heavy atom. The Kier molecular flexibility index (Phi) is 3.96. The number of hydrogen-bond acceptors (Lipinski definition) is 2. The Morgan fingerprint density at radius 2 is 1.22 bits per heavy atom. The van der Waals surface area contributed by atoms with Crippen molar-refractivity contribution in [2.75, 3.05) is 0 Å². The summed E-state index contributed by atoms with van der Waals surface area (Å²) in [6.45, 7) is 2.00. The van der Waals surface area contributed by atoms with Gasteiger partial charge in [-0.1, -0.05) is 67.6 Å². The second-order valence-electron chi connectivity index (χ2n) is 4.31. The molecule has 2 N–H and O–H groups in total. The molecule has 0 aliphatic carbocycles. The van der Waals surface area contributed by atoms with Crippen LogP contribution in [0.3, 0.4) is 0 Å². The first-order valence-corrected chi connectivity index (χ1v) is 7.47. The molecular weight excluding hydrogens is 240 g/mol. The van der Waals surface area contributed by atoms with E-state index in [1.165, 1.54) is 0 Å². The van der Waals surface area contributed by atoms with Gasteiger partial charge in [-0.15, -0.1) is 0 Å². The van der Waals surface area contributed by atoms with E-state index in [4.69, 9.17) is 0 Å². The lowest BCUT2D eigenvalue weighted by atomic mass is 9.88. The molecule has 0 spiro atoms. The van der Waals surface area contributed by atoms with Crippen molar-refractivity contribution in [2.45, 2.75) is 18.4 Å². The van der Waals surface area contributed by atoms with Gasteiger partial charge in [0.15, 0.2) is 0 Å². The van der Waals surface area contributed by atoms with Crippen molar-refractivity contribution in [3.63, 3.8) is 0 Å². The summed E-state index contributed by atoms with van der Waals surface area (Å²) in [6.07, 6.45) is 0.669. The van der Waals surface area contributed by atoms with Gasteiger partial charge >= 0.3 is 9.28 Å². The maximum atomic E-state index is 10.0. The Hall–Kier alpha value is -1.42. The minimum atomic E-state index is -2.49. The molecule has 0 heterocycles. The van der Waals surface area contributed by atoms with Crippen LogP contribution in [0.25, 0.3) is 0 Å². The summed E-state index contributed by atoms with van der Waals surface area (Å²) < 4.78 is 0. The van der Waals surface area contributed by atoms with Crippen molar-refractivity contribution in [3.8, 4) is 0 Å². The summed E-state index contributed by atoms with van der Waals surface area (Å²) in [7, 11) is -2.49. The van der Waals surface area contributed by atoms with Crippen LogP contribution in [0.15, 0.2) is 60.7 Å². The third-order valence-corrected chi connectivity index (χ3v) is 5.14. The summed E-state index contributed by atoms with van der Waals surface area (Å²) in [6, 6.07) is 19.5. The van der Waals surface area contributed by atoms with Crippen LogP contribution < -0.4 is 0 Å². The summed E-state index contributed by atoms with van der Waals surface area (Å²) in [4.78, 5) is 20.1. The molecule has 0 amide bonds. The normalized spacial score (nSPS) is 11.8. The molecule has 18 heavy (non-hydrogen) atoms. The highest BCUT2D eigenvalue weighted by Gasteiger charge is 2.42. The molecule has 0 saturated heterocycles. The second kappa shape index (κ2) is 5.48. The van der Waals surface area contributed by atoms with E-state index in [0.717, 1.165) is 11.1 Å². The standard InChI is InChI=1S/C15H17O2Si/c1-2-15(18(16)17,13-9-5-3-6-10-13)14-11-7-4-8-12-14/h3-12,16-17H,2H2,1H3. The van der Waals surface area contributed by atoms with Gasteiger partial charge in [0.25, 0.3) is 0 Å². The van der Waals surface area contributed by atoms with E-state index in [1.807, 2.05) is 67.6 Å².